The summed E-state index contributed by atoms with van der Waals surface area (Å²) in [5.74, 6) is -5.90. The van der Waals surface area contributed by atoms with Gasteiger partial charge >= 0.3 is 30.2 Å². The smallest absolute Gasteiger partial charge is 0.461 e. The first-order valence-electron chi connectivity index (χ1n) is 7.65. The Morgan fingerprint density at radius 2 is 1.68 bits per heavy atom. The zero-order valence-electron chi connectivity index (χ0n) is 15.1. The van der Waals surface area contributed by atoms with Crippen molar-refractivity contribution < 1.29 is 47.9 Å². The molecule has 0 radical (unpaired) electrons. The largest absolute Gasteiger partial charge is 0.516 e. The van der Waals surface area contributed by atoms with Crippen molar-refractivity contribution in [3.05, 3.63) is 0 Å². The van der Waals surface area contributed by atoms with Crippen LogP contribution in [-0.2, 0) is 28.6 Å². The second-order valence-corrected chi connectivity index (χ2v) is 5.49. The van der Waals surface area contributed by atoms with Crippen molar-refractivity contribution in [1.82, 2.24) is 5.32 Å². The second kappa shape index (κ2) is 9.84. The number of rotatable bonds is 7. The quantitative estimate of drug-likeness (QED) is 0.535. The highest BCUT2D eigenvalue weighted by molar-refractivity contribution is 5.91. The van der Waals surface area contributed by atoms with Crippen LogP contribution < -0.4 is 5.32 Å². The first kappa shape index (κ1) is 20.7. The van der Waals surface area contributed by atoms with Gasteiger partial charge in [0.2, 0.25) is 0 Å². The highest BCUT2D eigenvalue weighted by Gasteiger charge is 2.42. The maximum Gasteiger partial charge on any atom is 0.516 e. The number of carbonyl (C=O) groups excluding carboxylic acids is 4. The molecule has 11 heteroatoms. The Balaban J connectivity index is 5.17. The SMILES string of the molecule is [2H][C@@](CC(=O)OC(=O)OCC(C)C)(NC(=O)C(F)(F)F)C(=O)OC(C)C. The van der Waals surface area contributed by atoms with Crippen molar-refractivity contribution in [3.8, 4) is 0 Å². The molecule has 0 aliphatic carbocycles. The highest BCUT2D eigenvalue weighted by Crippen LogP contribution is 2.15. The topological polar surface area (TPSA) is 108 Å². The summed E-state index contributed by atoms with van der Waals surface area (Å²) in [6.07, 6.45) is -9.12. The van der Waals surface area contributed by atoms with Crippen LogP contribution in [0.3, 0.4) is 0 Å². The summed E-state index contributed by atoms with van der Waals surface area (Å²) in [6.45, 7) is 5.96. The number of ether oxygens (including phenoxy) is 3. The highest BCUT2D eigenvalue weighted by atomic mass is 19.4. The van der Waals surface area contributed by atoms with E-state index in [0.717, 1.165) is 5.32 Å². The van der Waals surface area contributed by atoms with Crippen molar-refractivity contribution in [2.75, 3.05) is 6.61 Å². The van der Waals surface area contributed by atoms with Gasteiger partial charge in [-0.15, -0.1) is 0 Å². The minimum Gasteiger partial charge on any atom is -0.461 e. The van der Waals surface area contributed by atoms with Crippen molar-refractivity contribution >= 4 is 24.0 Å². The fourth-order valence-corrected chi connectivity index (χ4v) is 1.20. The summed E-state index contributed by atoms with van der Waals surface area (Å²) in [6, 6.07) is -3.15. The molecule has 0 unspecified atom stereocenters. The summed E-state index contributed by atoms with van der Waals surface area (Å²) in [5, 5.41) is 1.07. The van der Waals surface area contributed by atoms with Crippen molar-refractivity contribution in [2.24, 2.45) is 5.92 Å². The molecule has 0 aromatic carbocycles. The third-order valence-electron chi connectivity index (χ3n) is 2.16. The molecule has 0 aromatic rings. The average molecular weight is 372 g/mol. The van der Waals surface area contributed by atoms with Crippen LogP contribution in [0.15, 0.2) is 0 Å². The number of amides is 1. The van der Waals surface area contributed by atoms with Gasteiger partial charge in [-0.2, -0.15) is 13.2 Å². The molecule has 1 N–H and O–H groups in total. The van der Waals surface area contributed by atoms with Gasteiger partial charge in [0.1, 0.15) is 6.02 Å². The third kappa shape index (κ3) is 10.2. The maximum atomic E-state index is 12.4. The van der Waals surface area contributed by atoms with Crippen LogP contribution in [0.1, 0.15) is 35.5 Å². The number of hydrogen-bond donors (Lipinski definition) is 1. The molecule has 144 valence electrons. The number of esters is 2. The predicted octanol–water partition coefficient (Wildman–Crippen LogP) is 1.71. The van der Waals surface area contributed by atoms with Gasteiger partial charge in [0.25, 0.3) is 0 Å². The molecular formula is C14H20F3NO7. The monoisotopic (exact) mass is 372 g/mol. The lowest BCUT2D eigenvalue weighted by Gasteiger charge is -2.19. The molecule has 0 saturated carbocycles. The molecule has 0 bridgehead atoms. The Bertz CT molecular complexity index is 551. The molecule has 0 aliphatic rings. The fourth-order valence-electron chi connectivity index (χ4n) is 1.20. The average Bonchev–Trinajstić information content (AvgIpc) is 2.42. The summed E-state index contributed by atoms with van der Waals surface area (Å²) < 4.78 is 58.2. The normalized spacial score (nSPS) is 14.4. The zero-order chi connectivity index (χ0) is 20.7. The maximum absolute atomic E-state index is 12.4. The van der Waals surface area contributed by atoms with Crippen LogP contribution in [0.2, 0.25) is 0 Å². The molecule has 0 aliphatic heterocycles. The molecule has 0 heterocycles. The third-order valence-corrected chi connectivity index (χ3v) is 2.16. The Morgan fingerprint density at radius 1 is 1.12 bits per heavy atom. The Labute approximate surface area is 143 Å². The van der Waals surface area contributed by atoms with Crippen LogP contribution in [0.5, 0.6) is 0 Å². The van der Waals surface area contributed by atoms with E-state index in [1.54, 1.807) is 13.8 Å². The predicted molar refractivity (Wildman–Crippen MR) is 76.1 cm³/mol. The summed E-state index contributed by atoms with van der Waals surface area (Å²) in [4.78, 5) is 45.8. The number of nitrogens with one attached hydrogen (secondary N) is 1. The van der Waals surface area contributed by atoms with Crippen molar-refractivity contribution in [1.29, 1.82) is 0 Å². The number of hydrogen-bond acceptors (Lipinski definition) is 7. The van der Waals surface area contributed by atoms with E-state index in [4.69, 9.17) is 1.37 Å². The first-order chi connectivity index (χ1) is 11.7. The molecule has 0 aromatic heterocycles. The lowest BCUT2D eigenvalue weighted by atomic mass is 10.2. The summed E-state index contributed by atoms with van der Waals surface area (Å²) >= 11 is 0. The Morgan fingerprint density at radius 3 is 2.12 bits per heavy atom. The number of carbonyl (C=O) groups is 4. The van der Waals surface area contributed by atoms with Crippen LogP contribution >= 0.6 is 0 Å². The van der Waals surface area contributed by atoms with Crippen LogP contribution in [0.25, 0.3) is 0 Å². The molecule has 8 nitrogen and oxygen atoms in total. The van der Waals surface area contributed by atoms with Crippen LogP contribution in [0, 0.1) is 5.92 Å². The fraction of sp³-hybridized carbons (Fsp3) is 0.714. The van der Waals surface area contributed by atoms with E-state index < -0.39 is 48.7 Å². The first-order valence-corrected chi connectivity index (χ1v) is 7.15. The van der Waals surface area contributed by atoms with Crippen LogP contribution in [0.4, 0.5) is 18.0 Å². The van der Waals surface area contributed by atoms with Gasteiger partial charge in [0.05, 0.1) is 20.5 Å². The molecule has 0 fully saturated rings. The minimum atomic E-state index is -5.41. The van der Waals surface area contributed by atoms with Gasteiger partial charge in [-0.05, 0) is 19.8 Å². The van der Waals surface area contributed by atoms with Gasteiger partial charge in [0.15, 0.2) is 0 Å². The number of alkyl halides is 3. The van der Waals surface area contributed by atoms with E-state index in [-0.39, 0.29) is 12.5 Å². The van der Waals surface area contributed by atoms with Crippen LogP contribution in [-0.4, -0.2) is 48.9 Å². The molecule has 0 rings (SSSR count). The van der Waals surface area contributed by atoms with E-state index >= 15 is 0 Å². The molecule has 1 amide bonds. The lowest BCUT2D eigenvalue weighted by Crippen LogP contribution is -2.49. The second-order valence-electron chi connectivity index (χ2n) is 5.49. The minimum absolute atomic E-state index is 0.0833. The zero-order valence-corrected chi connectivity index (χ0v) is 14.1. The van der Waals surface area contributed by atoms with E-state index in [1.165, 1.54) is 13.8 Å². The summed E-state index contributed by atoms with van der Waals surface area (Å²) in [7, 11) is 0. The van der Waals surface area contributed by atoms with Gasteiger partial charge in [-0.1, -0.05) is 13.8 Å². The van der Waals surface area contributed by atoms with E-state index in [0.29, 0.717) is 0 Å². The lowest BCUT2D eigenvalue weighted by molar-refractivity contribution is -0.176. The van der Waals surface area contributed by atoms with E-state index in [9.17, 15) is 32.3 Å². The summed E-state index contributed by atoms with van der Waals surface area (Å²) in [5.41, 5.74) is 0. The molecule has 1 atom stereocenters. The standard InChI is InChI=1S/C14H20F3NO7/c1-7(2)6-23-13(22)25-10(19)5-9(11(20)24-8(3)4)18-12(21)14(15,16)17/h7-9H,5-6H2,1-4H3,(H,18,21)/t9-/m0/s1/i9D. The Kier molecular flexibility index (Phi) is 8.16. The molecular weight excluding hydrogens is 351 g/mol. The van der Waals surface area contributed by atoms with Gasteiger partial charge in [-0.3, -0.25) is 9.59 Å². The molecule has 0 saturated heterocycles. The van der Waals surface area contributed by atoms with Gasteiger partial charge in [0, 0.05) is 0 Å². The molecule has 0 spiro atoms. The van der Waals surface area contributed by atoms with Gasteiger partial charge < -0.3 is 19.5 Å². The number of halogens is 3. The van der Waals surface area contributed by atoms with Crippen molar-refractivity contribution in [3.63, 3.8) is 0 Å². The van der Waals surface area contributed by atoms with Gasteiger partial charge in [-0.25, -0.2) is 9.59 Å². The van der Waals surface area contributed by atoms with E-state index in [1.807, 2.05) is 0 Å². The van der Waals surface area contributed by atoms with E-state index in [2.05, 4.69) is 14.2 Å². The molecule has 25 heavy (non-hydrogen) atoms. The Hall–Kier alpha value is -2.33. The van der Waals surface area contributed by atoms with Crippen molar-refractivity contribution in [2.45, 2.75) is 52.4 Å².